The van der Waals surface area contributed by atoms with Crippen molar-refractivity contribution in [3.05, 3.63) is 35.9 Å². The van der Waals surface area contributed by atoms with E-state index in [9.17, 15) is 0 Å². The van der Waals surface area contributed by atoms with Crippen LogP contribution in [0.25, 0.3) is 0 Å². The molecule has 0 fully saturated rings. The zero-order chi connectivity index (χ0) is 15.9. The summed E-state index contributed by atoms with van der Waals surface area (Å²) in [7, 11) is 0. The van der Waals surface area contributed by atoms with E-state index in [0.717, 1.165) is 6.42 Å². The normalized spacial score (nSPS) is 12.5. The fraction of sp³-hybridized carbons (Fsp3) is 0.684. The second-order valence-corrected chi connectivity index (χ2v) is 5.92. The van der Waals surface area contributed by atoms with Crippen LogP contribution in [0.15, 0.2) is 30.3 Å². The van der Waals surface area contributed by atoms with Gasteiger partial charge in [-0.25, -0.2) is 0 Å². The average molecular weight is 327 g/mol. The van der Waals surface area contributed by atoms with Gasteiger partial charge in [0.15, 0.2) is 0 Å². The van der Waals surface area contributed by atoms with E-state index in [1.165, 1.54) is 50.5 Å². The Balaban J connectivity index is 2.26. The first-order valence-corrected chi connectivity index (χ1v) is 9.22. The van der Waals surface area contributed by atoms with Gasteiger partial charge in [-0.3, -0.25) is 0 Å². The van der Waals surface area contributed by atoms with Gasteiger partial charge in [-0.1, -0.05) is 93.8 Å². The van der Waals surface area contributed by atoms with Gasteiger partial charge in [0.05, 0.1) is 19.3 Å². The number of halogens is 1. The Morgan fingerprint density at radius 1 is 0.909 bits per heavy atom. The fourth-order valence-electron chi connectivity index (χ4n) is 2.60. The van der Waals surface area contributed by atoms with Crippen LogP contribution < -0.4 is 0 Å². The van der Waals surface area contributed by atoms with Crippen LogP contribution in [0.5, 0.6) is 0 Å². The molecule has 0 spiro atoms. The van der Waals surface area contributed by atoms with Gasteiger partial charge in [-0.2, -0.15) is 0 Å². The smallest absolute Gasteiger partial charge is 0.120 e. The number of hydrogen-bond donors (Lipinski definition) is 0. The van der Waals surface area contributed by atoms with Crippen LogP contribution in [0.1, 0.15) is 70.0 Å². The van der Waals surface area contributed by atoms with E-state index in [1.807, 2.05) is 6.07 Å². The molecule has 0 aliphatic heterocycles. The van der Waals surface area contributed by atoms with E-state index in [4.69, 9.17) is 21.1 Å². The van der Waals surface area contributed by atoms with Gasteiger partial charge >= 0.3 is 0 Å². The van der Waals surface area contributed by atoms with Gasteiger partial charge in [-0.15, -0.1) is 0 Å². The van der Waals surface area contributed by atoms with Crippen molar-refractivity contribution >= 4 is 11.6 Å². The molecule has 0 aromatic heterocycles. The average Bonchev–Trinajstić information content (AvgIpc) is 2.56. The zero-order valence-corrected chi connectivity index (χ0v) is 14.7. The Morgan fingerprint density at radius 3 is 2.27 bits per heavy atom. The van der Waals surface area contributed by atoms with Crippen molar-refractivity contribution in [1.29, 1.82) is 0 Å². The molecule has 1 rings (SSSR count). The first kappa shape index (κ1) is 19.5. The van der Waals surface area contributed by atoms with E-state index in [2.05, 4.69) is 31.2 Å². The minimum atomic E-state index is 0.177. The van der Waals surface area contributed by atoms with Gasteiger partial charge in [0.1, 0.15) is 6.07 Å². The number of benzene rings is 1. The fourth-order valence-corrected chi connectivity index (χ4v) is 2.71. The van der Waals surface area contributed by atoms with Crippen molar-refractivity contribution < 1.29 is 9.47 Å². The summed E-state index contributed by atoms with van der Waals surface area (Å²) in [5.41, 5.74) is 1.26. The lowest BCUT2D eigenvalue weighted by Gasteiger charge is -2.18. The van der Waals surface area contributed by atoms with Crippen LogP contribution in [-0.2, 0) is 9.47 Å². The number of hydrogen-bond acceptors (Lipinski definition) is 2. The van der Waals surface area contributed by atoms with Crippen molar-refractivity contribution in [3.63, 3.8) is 0 Å². The summed E-state index contributed by atoms with van der Waals surface area (Å²) in [5, 5.41) is 0. The number of rotatable bonds is 14. The van der Waals surface area contributed by atoms with E-state index >= 15 is 0 Å². The quantitative estimate of drug-likeness (QED) is 0.304. The molecule has 0 aliphatic carbocycles. The van der Waals surface area contributed by atoms with Crippen molar-refractivity contribution in [2.45, 2.75) is 64.4 Å². The summed E-state index contributed by atoms with van der Waals surface area (Å²) in [6.45, 7) is 3.42. The van der Waals surface area contributed by atoms with E-state index < -0.39 is 0 Å². The predicted molar refractivity (Wildman–Crippen MR) is 94.4 cm³/mol. The first-order chi connectivity index (χ1) is 10.9. The lowest BCUT2D eigenvalue weighted by Crippen LogP contribution is -2.10. The van der Waals surface area contributed by atoms with Gasteiger partial charge in [-0.05, 0) is 12.0 Å². The summed E-state index contributed by atoms with van der Waals surface area (Å²) >= 11 is 5.51. The maximum absolute atomic E-state index is 5.99. The highest BCUT2D eigenvalue weighted by atomic mass is 35.5. The molecule has 1 aromatic rings. The third-order valence-electron chi connectivity index (χ3n) is 3.87. The van der Waals surface area contributed by atoms with Crippen LogP contribution in [-0.4, -0.2) is 19.3 Å². The van der Waals surface area contributed by atoms with Gasteiger partial charge in [0.2, 0.25) is 0 Å². The standard InChI is InChI=1S/C19H31ClO2/c1-2-3-4-5-6-7-11-14-19(22-16-15-21-17-20)18-12-9-8-10-13-18/h8-10,12-13,19H,2-7,11,14-17H2,1H3. The van der Waals surface area contributed by atoms with Gasteiger partial charge in [0, 0.05) is 0 Å². The third kappa shape index (κ3) is 9.45. The SMILES string of the molecule is CCCCCCCCCC(OCCOCCl)c1ccccc1. The topological polar surface area (TPSA) is 18.5 Å². The maximum Gasteiger partial charge on any atom is 0.120 e. The molecule has 2 nitrogen and oxygen atoms in total. The number of ether oxygens (including phenoxy) is 2. The highest BCUT2D eigenvalue weighted by Gasteiger charge is 2.11. The third-order valence-corrected chi connectivity index (χ3v) is 4.02. The highest BCUT2D eigenvalue weighted by molar-refractivity contribution is 6.17. The maximum atomic E-state index is 5.99. The van der Waals surface area contributed by atoms with Crippen molar-refractivity contribution in [2.24, 2.45) is 0 Å². The molecule has 1 unspecified atom stereocenters. The van der Waals surface area contributed by atoms with Crippen LogP contribution in [0.4, 0.5) is 0 Å². The lowest BCUT2D eigenvalue weighted by molar-refractivity contribution is 0.00757. The van der Waals surface area contributed by atoms with Crippen molar-refractivity contribution in [1.82, 2.24) is 0 Å². The van der Waals surface area contributed by atoms with Crippen molar-refractivity contribution in [2.75, 3.05) is 19.3 Å². The summed E-state index contributed by atoms with van der Waals surface area (Å²) < 4.78 is 11.1. The molecular formula is C19H31ClO2. The molecule has 0 saturated heterocycles. The highest BCUT2D eigenvalue weighted by Crippen LogP contribution is 2.24. The number of alkyl halides is 1. The minimum Gasteiger partial charge on any atom is -0.371 e. The van der Waals surface area contributed by atoms with Crippen molar-refractivity contribution in [3.8, 4) is 0 Å². The molecule has 0 saturated carbocycles. The Bertz CT molecular complexity index is 343. The van der Waals surface area contributed by atoms with Gasteiger partial charge < -0.3 is 9.47 Å². The molecule has 0 bridgehead atoms. The molecule has 0 N–H and O–H groups in total. The van der Waals surface area contributed by atoms with E-state index in [-0.39, 0.29) is 12.2 Å². The summed E-state index contributed by atoms with van der Waals surface area (Å²) in [5.74, 6) is 0. The molecule has 0 radical (unpaired) electrons. The molecule has 0 amide bonds. The van der Waals surface area contributed by atoms with E-state index in [0.29, 0.717) is 13.2 Å². The Morgan fingerprint density at radius 2 is 1.59 bits per heavy atom. The van der Waals surface area contributed by atoms with Crippen LogP contribution in [0.3, 0.4) is 0 Å². The number of unbranched alkanes of at least 4 members (excludes halogenated alkanes) is 6. The van der Waals surface area contributed by atoms with Gasteiger partial charge in [0.25, 0.3) is 0 Å². The minimum absolute atomic E-state index is 0.177. The molecule has 126 valence electrons. The molecular weight excluding hydrogens is 296 g/mol. The Hall–Kier alpha value is -0.570. The zero-order valence-electron chi connectivity index (χ0n) is 13.9. The van der Waals surface area contributed by atoms with E-state index in [1.54, 1.807) is 0 Å². The van der Waals surface area contributed by atoms with Crippen LogP contribution in [0, 0.1) is 0 Å². The summed E-state index contributed by atoms with van der Waals surface area (Å²) in [6.07, 6.45) is 10.6. The lowest BCUT2D eigenvalue weighted by atomic mass is 10.0. The summed E-state index contributed by atoms with van der Waals surface area (Å²) in [4.78, 5) is 0. The molecule has 0 heterocycles. The monoisotopic (exact) mass is 326 g/mol. The summed E-state index contributed by atoms with van der Waals surface area (Å²) in [6, 6.07) is 10.7. The molecule has 1 aromatic carbocycles. The molecule has 0 aliphatic rings. The molecule has 3 heteroatoms. The Labute approximate surface area is 141 Å². The first-order valence-electron chi connectivity index (χ1n) is 8.68. The Kier molecular flexibility index (Phi) is 12.4. The second-order valence-electron chi connectivity index (χ2n) is 5.70. The van der Waals surface area contributed by atoms with Crippen LogP contribution in [0.2, 0.25) is 0 Å². The predicted octanol–water partition coefficient (Wildman–Crippen LogP) is 6.10. The molecule has 22 heavy (non-hydrogen) atoms. The molecule has 1 atom stereocenters. The second kappa shape index (κ2) is 14.0. The largest absolute Gasteiger partial charge is 0.371 e. The van der Waals surface area contributed by atoms with Crippen LogP contribution >= 0.6 is 11.6 Å².